The van der Waals surface area contributed by atoms with Gasteiger partial charge in [-0.2, -0.15) is 0 Å². The van der Waals surface area contributed by atoms with E-state index in [1.54, 1.807) is 0 Å². The average molecular weight is 1440 g/mol. The fraction of sp³-hybridized carbons (Fsp3) is 0.944. The molecule has 568 valence electrons. The fourth-order valence-corrected chi connectivity index (χ4v) is 12.4. The molecule has 8 rings (SSSR count). The molecule has 40 atom stereocenters. The Bertz CT molecular complexity index is 2510. The van der Waals surface area contributed by atoms with E-state index in [-0.39, 0.29) is 0 Å². The second-order valence-corrected chi connectivity index (χ2v) is 24.7. The van der Waals surface area contributed by atoms with E-state index in [0.717, 1.165) is 20.8 Å². The molecule has 0 bridgehead atoms. The Hall–Kier alpha value is -3.11. The first-order valence-electron chi connectivity index (χ1n) is 31.1. The Balaban J connectivity index is 1.13. The van der Waals surface area contributed by atoms with Crippen LogP contribution < -0.4 is 16.0 Å². The van der Waals surface area contributed by atoms with E-state index in [9.17, 15) is 132 Å². The minimum absolute atomic E-state index is 0.769. The number of hydrogen-bond donors (Lipinski definition) is 26. The molecule has 0 saturated carbocycles. The van der Waals surface area contributed by atoms with Crippen molar-refractivity contribution >= 4 is 17.7 Å². The van der Waals surface area contributed by atoms with Crippen molar-refractivity contribution in [1.29, 1.82) is 0 Å². The van der Waals surface area contributed by atoms with Crippen molar-refractivity contribution in [3.8, 4) is 0 Å². The van der Waals surface area contributed by atoms with Crippen LogP contribution in [0.1, 0.15) is 20.8 Å². The Morgan fingerprint density at radius 2 is 0.561 bits per heavy atom. The Morgan fingerprint density at radius 3 is 1.00 bits per heavy atom. The van der Waals surface area contributed by atoms with Gasteiger partial charge in [-0.15, -0.1) is 0 Å². The number of hydrogen-bond acceptors (Lipinski definition) is 41. The highest BCUT2D eigenvalue weighted by Gasteiger charge is 2.59. The topological polar surface area (TPSA) is 691 Å². The summed E-state index contributed by atoms with van der Waals surface area (Å²) in [5, 5.41) is 259. The first-order chi connectivity index (χ1) is 46.3. The Morgan fingerprint density at radius 1 is 0.265 bits per heavy atom. The van der Waals surface area contributed by atoms with Crippen molar-refractivity contribution in [2.24, 2.45) is 0 Å². The number of rotatable bonds is 25. The molecule has 0 aromatic carbocycles. The number of aliphatic hydroxyl groups excluding tert-OH is 23. The van der Waals surface area contributed by atoms with Crippen molar-refractivity contribution in [3.63, 3.8) is 0 Å². The number of carbonyl (C=O) groups excluding carboxylic acids is 3. The molecule has 44 nitrogen and oxygen atoms in total. The van der Waals surface area contributed by atoms with Crippen LogP contribution in [-0.4, -0.2) is 433 Å². The van der Waals surface area contributed by atoms with Gasteiger partial charge in [0.1, 0.15) is 195 Å². The SMILES string of the molecule is CC(=O)N[C@H]1[C@H](O[C@H]2[C@H](O)[C@@H](NC(C)=O)C(O)O[C@@H]2CO)O[C@H](CO)[C@@H](O[C@@H]2O[C@H](CO[C@H]3O[C@H](CO[C@@H]4O[C@H](CO)[C@H](O)[C@H](O)[C@H]4O)[C@@H](O)[C@H](O)[C@@H]3O)[C@@H](O)[C@H](O[C@H]3O[C@H](CO[C@@H]4O[C@H](CO)[C@H](O)[C@H](O)[C@H]4O)[C@@H](O)[C@H](O)[C@@H]3O[C@@H]3O[C@H](CO)[C@@H](O)[C@H](O)[C@H]3NC(C)=O)[C@@H]2O)[C@@H]1O. The van der Waals surface area contributed by atoms with Crippen LogP contribution >= 0.6 is 0 Å². The fourth-order valence-electron chi connectivity index (χ4n) is 12.4. The Labute approximate surface area is 554 Å². The van der Waals surface area contributed by atoms with Gasteiger partial charge in [0.25, 0.3) is 0 Å². The van der Waals surface area contributed by atoms with Gasteiger partial charge in [0.2, 0.25) is 17.7 Å². The second kappa shape index (κ2) is 35.1. The maximum Gasteiger partial charge on any atom is 0.217 e. The van der Waals surface area contributed by atoms with Gasteiger partial charge in [-0.1, -0.05) is 0 Å². The highest BCUT2D eigenvalue weighted by Crippen LogP contribution is 2.38. The molecule has 26 N–H and O–H groups in total. The summed E-state index contributed by atoms with van der Waals surface area (Å²) in [4.78, 5) is 37.5. The van der Waals surface area contributed by atoms with Crippen LogP contribution in [0.15, 0.2) is 0 Å². The molecular weight excluding hydrogens is 1350 g/mol. The molecule has 8 saturated heterocycles. The largest absolute Gasteiger partial charge is 0.394 e. The first-order valence-corrected chi connectivity index (χ1v) is 31.1. The van der Waals surface area contributed by atoms with Gasteiger partial charge < -0.3 is 204 Å². The third-order valence-electron chi connectivity index (χ3n) is 17.8. The van der Waals surface area contributed by atoms with Crippen molar-refractivity contribution in [3.05, 3.63) is 0 Å². The smallest absolute Gasteiger partial charge is 0.217 e. The van der Waals surface area contributed by atoms with Crippen LogP contribution in [0.25, 0.3) is 0 Å². The van der Waals surface area contributed by atoms with Crippen LogP contribution in [0.4, 0.5) is 0 Å². The van der Waals surface area contributed by atoms with Gasteiger partial charge in [0.15, 0.2) is 50.3 Å². The van der Waals surface area contributed by atoms with Crippen LogP contribution in [0.3, 0.4) is 0 Å². The Kier molecular flexibility index (Phi) is 28.9. The minimum atomic E-state index is -2.53. The van der Waals surface area contributed by atoms with Crippen molar-refractivity contribution in [1.82, 2.24) is 16.0 Å². The lowest BCUT2D eigenvalue weighted by atomic mass is 9.93. The molecule has 1 unspecified atom stereocenters. The summed E-state index contributed by atoms with van der Waals surface area (Å²) in [7, 11) is 0. The van der Waals surface area contributed by atoms with Crippen molar-refractivity contribution in [2.75, 3.05) is 52.9 Å². The van der Waals surface area contributed by atoms with Crippen LogP contribution in [0.5, 0.6) is 0 Å². The minimum Gasteiger partial charge on any atom is -0.394 e. The highest BCUT2D eigenvalue weighted by atomic mass is 16.8. The van der Waals surface area contributed by atoms with E-state index in [1.807, 2.05) is 0 Å². The van der Waals surface area contributed by atoms with E-state index in [4.69, 9.17) is 71.1 Å². The molecule has 0 aromatic heterocycles. The maximum atomic E-state index is 12.9. The highest BCUT2D eigenvalue weighted by molar-refractivity contribution is 5.74. The van der Waals surface area contributed by atoms with Gasteiger partial charge in [-0.25, -0.2) is 0 Å². The summed E-state index contributed by atoms with van der Waals surface area (Å²) in [6, 6.07) is -5.31. The second-order valence-electron chi connectivity index (χ2n) is 24.7. The number of nitrogens with one attached hydrogen (secondary N) is 3. The number of ether oxygens (including phenoxy) is 15. The predicted octanol–water partition coefficient (Wildman–Crippen LogP) is -18.0. The summed E-state index contributed by atoms with van der Waals surface area (Å²) < 4.78 is 87.1. The van der Waals surface area contributed by atoms with E-state index in [0.29, 0.717) is 0 Å². The van der Waals surface area contributed by atoms with Crippen molar-refractivity contribution < 1.29 is 203 Å². The van der Waals surface area contributed by atoms with E-state index in [1.165, 1.54) is 0 Å². The zero-order chi connectivity index (χ0) is 72.2. The molecule has 44 heteroatoms. The molecule has 0 aliphatic carbocycles. The van der Waals surface area contributed by atoms with Crippen molar-refractivity contribution in [2.45, 2.75) is 266 Å². The van der Waals surface area contributed by atoms with Gasteiger partial charge in [-0.3, -0.25) is 14.4 Å². The summed E-state index contributed by atoms with van der Waals surface area (Å²) >= 11 is 0. The number of aliphatic hydroxyl groups is 23. The summed E-state index contributed by atoms with van der Waals surface area (Å²) in [6.07, 6.45) is -75.0. The standard InChI is InChI=1S/C54H91N3O41/c1-12(63)55-23-33(73)43(18(7-61)87-47(23)83)95-49-25(57-14(3)65)34(74)44(19(8-62)91-49)96-53-42(82)45(31(71)22(93-53)11-86-52-41(81)37(77)29(69)20(92-52)9-84-50-39(79)35(75)27(67)16(5-59)89-50)97-54-46(98-48-24(56-13(2)64)32(72)26(66)15(4-58)88-48)38(78)30(70)21(94-54)10-85-51-40(80)36(76)28(68)17(6-60)90-51/h15-54,58-62,66-83H,4-11H2,1-3H3,(H,55,63)(H,56,64)(H,57,65)/t15-,16-,17-,18-,19-,20-,21-,22-,23-,24-,25-,26-,27+,28+,29-,30-,31-,32-,33-,34-,35+,36+,37+,38+,39-,40-,41+,42+,43-,44-,45+,46+,47?,48+,49+,50-,51-,52+,53+,54-/m1/s1. The average Bonchev–Trinajstić information content (AvgIpc) is 0.758. The lowest BCUT2D eigenvalue weighted by Gasteiger charge is -2.51. The molecule has 98 heavy (non-hydrogen) atoms. The lowest BCUT2D eigenvalue weighted by Crippen LogP contribution is -2.70. The summed E-state index contributed by atoms with van der Waals surface area (Å²) in [5.41, 5.74) is 0. The third-order valence-corrected chi connectivity index (χ3v) is 17.8. The molecule has 0 radical (unpaired) electrons. The zero-order valence-electron chi connectivity index (χ0n) is 52.4. The molecule has 0 aromatic rings. The van der Waals surface area contributed by atoms with Gasteiger partial charge in [-0.05, 0) is 0 Å². The molecule has 8 fully saturated rings. The molecule has 8 aliphatic heterocycles. The third kappa shape index (κ3) is 17.8. The molecule has 8 heterocycles. The first kappa shape index (κ1) is 80.6. The molecule has 8 aliphatic rings. The lowest BCUT2D eigenvalue weighted by molar-refractivity contribution is -0.397. The maximum absolute atomic E-state index is 12.9. The number of amides is 3. The molecule has 0 spiro atoms. The molecule has 3 amide bonds. The van der Waals surface area contributed by atoms with Gasteiger partial charge in [0.05, 0.1) is 52.9 Å². The number of carbonyl (C=O) groups is 3. The van der Waals surface area contributed by atoms with Gasteiger partial charge >= 0.3 is 0 Å². The summed E-state index contributed by atoms with van der Waals surface area (Å²) in [6.45, 7) is -5.00. The summed E-state index contributed by atoms with van der Waals surface area (Å²) in [5.74, 6) is -2.56. The van der Waals surface area contributed by atoms with E-state index in [2.05, 4.69) is 16.0 Å². The zero-order valence-corrected chi connectivity index (χ0v) is 52.4. The van der Waals surface area contributed by atoms with Crippen LogP contribution in [0, 0.1) is 0 Å². The van der Waals surface area contributed by atoms with E-state index >= 15 is 0 Å². The predicted molar refractivity (Wildman–Crippen MR) is 299 cm³/mol. The quantitative estimate of drug-likeness (QED) is 0.0404. The van der Waals surface area contributed by atoms with Crippen LogP contribution in [-0.2, 0) is 85.4 Å². The van der Waals surface area contributed by atoms with Gasteiger partial charge in [0, 0.05) is 20.8 Å². The monoisotopic (exact) mass is 1440 g/mol. The normalized spacial score (nSPS) is 49.5. The molecular formula is C54H91N3O41. The van der Waals surface area contributed by atoms with Crippen LogP contribution in [0.2, 0.25) is 0 Å². The van der Waals surface area contributed by atoms with E-state index < -0.39 is 316 Å².